The lowest BCUT2D eigenvalue weighted by Crippen LogP contribution is -2.14. The van der Waals surface area contributed by atoms with E-state index >= 15 is 0 Å². The second kappa shape index (κ2) is 5.02. The van der Waals surface area contributed by atoms with Gasteiger partial charge in [0.1, 0.15) is 5.75 Å². The molecule has 1 amide bonds. The number of amides is 1. The van der Waals surface area contributed by atoms with Crippen LogP contribution in [0.3, 0.4) is 0 Å². The minimum atomic E-state index is -0.210. The second-order valence-electron chi connectivity index (χ2n) is 4.54. The van der Waals surface area contributed by atoms with Crippen LogP contribution in [-0.4, -0.2) is 11.0 Å². The number of nitrogen functional groups attached to an aromatic ring is 1. The van der Waals surface area contributed by atoms with Gasteiger partial charge in [0.2, 0.25) is 0 Å². The number of carbonyl (C=O) groups is 1. The molecule has 0 heterocycles. The number of nitrogens with one attached hydrogen (secondary N) is 1. The Hall–Kier alpha value is -2.49. The average Bonchev–Trinajstić information content (AvgIpc) is 2.35. The molecule has 0 bridgehead atoms. The van der Waals surface area contributed by atoms with Gasteiger partial charge in [-0.3, -0.25) is 4.79 Å². The van der Waals surface area contributed by atoms with Gasteiger partial charge in [0.05, 0.1) is 11.4 Å². The zero-order chi connectivity index (χ0) is 14.0. The van der Waals surface area contributed by atoms with Crippen LogP contribution in [0.25, 0.3) is 0 Å². The van der Waals surface area contributed by atoms with E-state index in [1.807, 2.05) is 32.0 Å². The first-order valence-corrected chi connectivity index (χ1v) is 5.94. The minimum Gasteiger partial charge on any atom is -0.508 e. The van der Waals surface area contributed by atoms with Crippen molar-refractivity contribution in [2.24, 2.45) is 0 Å². The van der Waals surface area contributed by atoms with Gasteiger partial charge in [0, 0.05) is 11.6 Å². The molecule has 0 aromatic heterocycles. The molecule has 4 N–H and O–H groups in total. The number of anilines is 2. The molecule has 0 atom stereocenters. The number of aromatic hydroxyl groups is 1. The van der Waals surface area contributed by atoms with E-state index in [4.69, 9.17) is 5.73 Å². The summed E-state index contributed by atoms with van der Waals surface area (Å²) < 4.78 is 0. The topological polar surface area (TPSA) is 75.3 Å². The molecule has 0 saturated heterocycles. The fraction of sp³-hybridized carbons (Fsp3) is 0.133. The fourth-order valence-electron chi connectivity index (χ4n) is 1.83. The van der Waals surface area contributed by atoms with Gasteiger partial charge in [-0.25, -0.2) is 0 Å². The van der Waals surface area contributed by atoms with E-state index in [0.29, 0.717) is 16.9 Å². The molecule has 0 aliphatic heterocycles. The molecule has 2 rings (SSSR count). The molecule has 0 radical (unpaired) electrons. The van der Waals surface area contributed by atoms with Gasteiger partial charge in [0.25, 0.3) is 5.91 Å². The van der Waals surface area contributed by atoms with Crippen LogP contribution in [0.1, 0.15) is 21.5 Å². The number of aryl methyl sites for hydroxylation is 2. The fourth-order valence-corrected chi connectivity index (χ4v) is 1.83. The zero-order valence-electron chi connectivity index (χ0n) is 10.9. The van der Waals surface area contributed by atoms with Gasteiger partial charge in [0.15, 0.2) is 0 Å². The summed E-state index contributed by atoms with van der Waals surface area (Å²) in [6.07, 6.45) is 0. The van der Waals surface area contributed by atoms with Crippen LogP contribution in [0, 0.1) is 13.8 Å². The number of benzene rings is 2. The number of phenolic OH excluding ortho intramolecular Hbond substituents is 1. The number of rotatable bonds is 2. The maximum atomic E-state index is 12.2. The summed E-state index contributed by atoms with van der Waals surface area (Å²) in [5.41, 5.74) is 9.11. The van der Waals surface area contributed by atoms with Gasteiger partial charge < -0.3 is 16.2 Å². The Balaban J connectivity index is 2.28. The van der Waals surface area contributed by atoms with Gasteiger partial charge in [-0.15, -0.1) is 0 Å². The highest BCUT2D eigenvalue weighted by Crippen LogP contribution is 2.24. The summed E-state index contributed by atoms with van der Waals surface area (Å²) in [5.74, 6) is -0.138. The van der Waals surface area contributed by atoms with Crippen molar-refractivity contribution in [3.8, 4) is 5.75 Å². The molecule has 0 aliphatic carbocycles. The Labute approximate surface area is 111 Å². The van der Waals surface area contributed by atoms with Crippen molar-refractivity contribution in [1.82, 2.24) is 0 Å². The molecular weight excluding hydrogens is 240 g/mol. The van der Waals surface area contributed by atoms with Crippen molar-refractivity contribution in [1.29, 1.82) is 0 Å². The molecule has 2 aromatic rings. The molecule has 0 fully saturated rings. The maximum absolute atomic E-state index is 12.2. The predicted octanol–water partition coefficient (Wildman–Crippen LogP) is 2.84. The quantitative estimate of drug-likeness (QED) is 0.571. The van der Waals surface area contributed by atoms with E-state index in [2.05, 4.69) is 5.32 Å². The van der Waals surface area contributed by atoms with Crippen LogP contribution in [0.5, 0.6) is 5.75 Å². The SMILES string of the molecule is Cc1ccc(C)c(C(=O)Nc2ccc(O)cc2N)c1. The average molecular weight is 256 g/mol. The zero-order valence-corrected chi connectivity index (χ0v) is 10.9. The first-order chi connectivity index (χ1) is 8.97. The van der Waals surface area contributed by atoms with Crippen molar-refractivity contribution in [2.75, 3.05) is 11.1 Å². The molecule has 2 aromatic carbocycles. The third-order valence-electron chi connectivity index (χ3n) is 2.92. The molecule has 4 heteroatoms. The molecule has 19 heavy (non-hydrogen) atoms. The Morgan fingerprint density at radius 3 is 2.58 bits per heavy atom. The summed E-state index contributed by atoms with van der Waals surface area (Å²) >= 11 is 0. The molecule has 0 unspecified atom stereocenters. The Bertz CT molecular complexity index is 636. The van der Waals surface area contributed by atoms with Crippen molar-refractivity contribution in [3.63, 3.8) is 0 Å². The molecular formula is C15H16N2O2. The summed E-state index contributed by atoms with van der Waals surface area (Å²) in [6.45, 7) is 3.82. The lowest BCUT2D eigenvalue weighted by Gasteiger charge is -2.10. The third kappa shape index (κ3) is 2.85. The van der Waals surface area contributed by atoms with E-state index in [-0.39, 0.29) is 11.7 Å². The highest BCUT2D eigenvalue weighted by atomic mass is 16.3. The van der Waals surface area contributed by atoms with Crippen LogP contribution in [0.4, 0.5) is 11.4 Å². The number of hydrogen-bond donors (Lipinski definition) is 3. The van der Waals surface area contributed by atoms with Crippen LogP contribution < -0.4 is 11.1 Å². The van der Waals surface area contributed by atoms with Gasteiger partial charge >= 0.3 is 0 Å². The van der Waals surface area contributed by atoms with Crippen LogP contribution >= 0.6 is 0 Å². The van der Waals surface area contributed by atoms with Crippen molar-refractivity contribution in [2.45, 2.75) is 13.8 Å². The van der Waals surface area contributed by atoms with Crippen LogP contribution in [0.2, 0.25) is 0 Å². The van der Waals surface area contributed by atoms with Crippen LogP contribution in [-0.2, 0) is 0 Å². The predicted molar refractivity (Wildman–Crippen MR) is 76.4 cm³/mol. The van der Waals surface area contributed by atoms with E-state index in [1.165, 1.54) is 12.1 Å². The highest BCUT2D eigenvalue weighted by molar-refractivity contribution is 6.06. The van der Waals surface area contributed by atoms with Gasteiger partial charge in [-0.05, 0) is 37.6 Å². The first kappa shape index (κ1) is 13.0. The smallest absolute Gasteiger partial charge is 0.255 e. The lowest BCUT2D eigenvalue weighted by molar-refractivity contribution is 0.102. The number of nitrogens with two attached hydrogens (primary N) is 1. The summed E-state index contributed by atoms with van der Waals surface area (Å²) in [4.78, 5) is 12.2. The summed E-state index contributed by atoms with van der Waals surface area (Å²) in [6, 6.07) is 10.2. The summed E-state index contributed by atoms with van der Waals surface area (Å²) in [5, 5.41) is 12.0. The molecule has 0 aliphatic rings. The van der Waals surface area contributed by atoms with Gasteiger partial charge in [-0.1, -0.05) is 17.7 Å². The molecule has 98 valence electrons. The Morgan fingerprint density at radius 2 is 1.89 bits per heavy atom. The van der Waals surface area contributed by atoms with Gasteiger partial charge in [-0.2, -0.15) is 0 Å². The normalized spacial score (nSPS) is 10.2. The molecule has 0 saturated carbocycles. The third-order valence-corrected chi connectivity index (χ3v) is 2.92. The van der Waals surface area contributed by atoms with Crippen molar-refractivity contribution < 1.29 is 9.90 Å². The van der Waals surface area contributed by atoms with E-state index < -0.39 is 0 Å². The lowest BCUT2D eigenvalue weighted by atomic mass is 10.0. The van der Waals surface area contributed by atoms with Crippen LogP contribution in [0.15, 0.2) is 36.4 Å². The second-order valence-corrected chi connectivity index (χ2v) is 4.54. The Kier molecular flexibility index (Phi) is 3.42. The van der Waals surface area contributed by atoms with Crippen molar-refractivity contribution in [3.05, 3.63) is 53.1 Å². The number of carbonyl (C=O) groups excluding carboxylic acids is 1. The molecule has 0 spiro atoms. The van der Waals surface area contributed by atoms with E-state index in [0.717, 1.165) is 11.1 Å². The standard InChI is InChI=1S/C15H16N2O2/c1-9-3-4-10(2)12(7-9)15(19)17-14-6-5-11(18)8-13(14)16/h3-8,18H,16H2,1-2H3,(H,17,19). The number of hydrogen-bond acceptors (Lipinski definition) is 3. The first-order valence-electron chi connectivity index (χ1n) is 5.94. The highest BCUT2D eigenvalue weighted by Gasteiger charge is 2.11. The largest absolute Gasteiger partial charge is 0.508 e. The van der Waals surface area contributed by atoms with E-state index in [9.17, 15) is 9.90 Å². The molecule has 4 nitrogen and oxygen atoms in total. The summed E-state index contributed by atoms with van der Waals surface area (Å²) in [7, 11) is 0. The maximum Gasteiger partial charge on any atom is 0.255 e. The minimum absolute atomic E-state index is 0.0715. The van der Waals surface area contributed by atoms with Crippen molar-refractivity contribution >= 4 is 17.3 Å². The van der Waals surface area contributed by atoms with E-state index in [1.54, 1.807) is 6.07 Å². The monoisotopic (exact) mass is 256 g/mol. The Morgan fingerprint density at radius 1 is 1.16 bits per heavy atom. The number of phenols is 1.